The van der Waals surface area contributed by atoms with Gasteiger partial charge in [-0.2, -0.15) is 11.8 Å². The third-order valence-corrected chi connectivity index (χ3v) is 3.60. The van der Waals surface area contributed by atoms with Gasteiger partial charge in [-0.1, -0.05) is 13.8 Å². The van der Waals surface area contributed by atoms with E-state index in [9.17, 15) is 0 Å². The van der Waals surface area contributed by atoms with Crippen LogP contribution in [-0.2, 0) is 0 Å². The molecule has 2 unspecified atom stereocenters. The zero-order valence-electron chi connectivity index (χ0n) is 9.75. The molecule has 0 aromatic rings. The highest BCUT2D eigenvalue weighted by Gasteiger charge is 2.02. The first-order valence-corrected chi connectivity index (χ1v) is 6.71. The number of thioether (sulfide) groups is 1. The molecule has 14 heavy (non-hydrogen) atoms. The predicted octanol–water partition coefficient (Wildman–Crippen LogP) is 2.27. The molecule has 0 bridgehead atoms. The van der Waals surface area contributed by atoms with Crippen LogP contribution in [0.4, 0.5) is 0 Å². The molecule has 0 aromatic heterocycles. The Bertz CT molecular complexity index is 108. The summed E-state index contributed by atoms with van der Waals surface area (Å²) in [5, 5.41) is 12.7. The Hall–Kier alpha value is 0.270. The summed E-state index contributed by atoms with van der Waals surface area (Å²) < 4.78 is 0. The fraction of sp³-hybridized carbons (Fsp3) is 1.00. The minimum absolute atomic E-state index is 0.321. The summed E-state index contributed by atoms with van der Waals surface area (Å²) in [6.45, 7) is 7.96. The number of nitrogens with one attached hydrogen (secondary N) is 1. The van der Waals surface area contributed by atoms with Crippen LogP contribution in [-0.4, -0.2) is 35.3 Å². The quantitative estimate of drug-likeness (QED) is 0.584. The maximum Gasteiger partial charge on any atom is 0.0441 e. The van der Waals surface area contributed by atoms with Crippen LogP contribution >= 0.6 is 11.8 Å². The van der Waals surface area contributed by atoms with Crippen LogP contribution in [0.15, 0.2) is 0 Å². The molecular formula is C11H25NOS. The second kappa shape index (κ2) is 9.81. The van der Waals surface area contributed by atoms with Gasteiger partial charge in [0.1, 0.15) is 0 Å². The molecule has 0 spiro atoms. The van der Waals surface area contributed by atoms with Crippen molar-refractivity contribution in [1.82, 2.24) is 5.32 Å². The Kier molecular flexibility index (Phi) is 10.0. The summed E-state index contributed by atoms with van der Waals surface area (Å²) in [6.07, 6.45) is 3.45. The molecule has 0 saturated carbocycles. The van der Waals surface area contributed by atoms with Crippen LogP contribution in [0, 0.1) is 0 Å². The largest absolute Gasteiger partial charge is 0.396 e. The molecule has 0 heterocycles. The standard InChI is InChI=1S/C11H25NOS/c1-4-12-10(2)6-5-9-14-11(3)7-8-13/h10-13H,4-9H2,1-3H3. The van der Waals surface area contributed by atoms with Crippen LogP contribution in [0.5, 0.6) is 0 Å². The average molecular weight is 219 g/mol. The second-order valence-electron chi connectivity index (χ2n) is 3.79. The zero-order chi connectivity index (χ0) is 10.8. The molecule has 3 heteroatoms. The lowest BCUT2D eigenvalue weighted by atomic mass is 10.2. The lowest BCUT2D eigenvalue weighted by Gasteiger charge is -2.13. The summed E-state index contributed by atoms with van der Waals surface area (Å²) in [7, 11) is 0. The third kappa shape index (κ3) is 8.85. The molecule has 2 atom stereocenters. The van der Waals surface area contributed by atoms with E-state index in [1.54, 1.807) is 0 Å². The van der Waals surface area contributed by atoms with Crippen molar-refractivity contribution >= 4 is 11.8 Å². The van der Waals surface area contributed by atoms with Crippen LogP contribution < -0.4 is 5.32 Å². The highest BCUT2D eigenvalue weighted by Crippen LogP contribution is 2.15. The highest BCUT2D eigenvalue weighted by molar-refractivity contribution is 7.99. The van der Waals surface area contributed by atoms with Gasteiger partial charge >= 0.3 is 0 Å². The van der Waals surface area contributed by atoms with Gasteiger partial charge in [0.25, 0.3) is 0 Å². The monoisotopic (exact) mass is 219 g/mol. The van der Waals surface area contributed by atoms with E-state index in [-0.39, 0.29) is 0 Å². The van der Waals surface area contributed by atoms with Gasteiger partial charge in [-0.25, -0.2) is 0 Å². The van der Waals surface area contributed by atoms with Crippen molar-refractivity contribution in [2.45, 2.75) is 51.3 Å². The summed E-state index contributed by atoms with van der Waals surface area (Å²) in [5.74, 6) is 1.22. The van der Waals surface area contributed by atoms with Crippen LogP contribution in [0.2, 0.25) is 0 Å². The van der Waals surface area contributed by atoms with E-state index in [2.05, 4.69) is 26.1 Å². The minimum Gasteiger partial charge on any atom is -0.396 e. The van der Waals surface area contributed by atoms with Crippen LogP contribution in [0.1, 0.15) is 40.0 Å². The Labute approximate surface area is 92.9 Å². The van der Waals surface area contributed by atoms with Crippen molar-refractivity contribution in [1.29, 1.82) is 0 Å². The Morgan fingerprint density at radius 3 is 2.57 bits per heavy atom. The van der Waals surface area contributed by atoms with E-state index >= 15 is 0 Å². The summed E-state index contributed by atoms with van der Waals surface area (Å²) in [5.41, 5.74) is 0. The van der Waals surface area contributed by atoms with E-state index in [1.807, 2.05) is 11.8 Å². The van der Waals surface area contributed by atoms with Gasteiger partial charge in [-0.05, 0) is 38.5 Å². The molecule has 0 rings (SSSR count). The fourth-order valence-corrected chi connectivity index (χ4v) is 2.40. The number of aliphatic hydroxyl groups is 1. The second-order valence-corrected chi connectivity index (χ2v) is 5.34. The van der Waals surface area contributed by atoms with Crippen molar-refractivity contribution < 1.29 is 5.11 Å². The van der Waals surface area contributed by atoms with Crippen LogP contribution in [0.25, 0.3) is 0 Å². The molecular weight excluding hydrogens is 194 g/mol. The van der Waals surface area contributed by atoms with Gasteiger partial charge in [0.05, 0.1) is 0 Å². The van der Waals surface area contributed by atoms with E-state index in [1.165, 1.54) is 18.6 Å². The molecule has 86 valence electrons. The summed E-state index contributed by atoms with van der Waals surface area (Å²) in [6, 6.07) is 0.647. The third-order valence-electron chi connectivity index (χ3n) is 2.27. The molecule has 2 N–H and O–H groups in total. The molecule has 2 nitrogen and oxygen atoms in total. The molecule has 0 aliphatic carbocycles. The van der Waals surface area contributed by atoms with Crippen molar-refractivity contribution in [2.24, 2.45) is 0 Å². The first-order valence-electron chi connectivity index (χ1n) is 5.66. The van der Waals surface area contributed by atoms with Gasteiger partial charge in [0.2, 0.25) is 0 Å². The SMILES string of the molecule is CCNC(C)CCCSC(C)CCO. The normalized spacial score (nSPS) is 15.4. The first kappa shape index (κ1) is 14.3. The van der Waals surface area contributed by atoms with Crippen molar-refractivity contribution in [3.05, 3.63) is 0 Å². The predicted molar refractivity (Wildman–Crippen MR) is 66.0 cm³/mol. The first-order chi connectivity index (χ1) is 6.70. The van der Waals surface area contributed by atoms with Gasteiger partial charge in [0.15, 0.2) is 0 Å². The van der Waals surface area contributed by atoms with E-state index in [4.69, 9.17) is 5.11 Å². The molecule has 0 aromatic carbocycles. The van der Waals surface area contributed by atoms with Gasteiger partial charge < -0.3 is 10.4 Å². The van der Waals surface area contributed by atoms with Gasteiger partial charge in [0, 0.05) is 17.9 Å². The topological polar surface area (TPSA) is 32.3 Å². The number of rotatable bonds is 9. The lowest BCUT2D eigenvalue weighted by Crippen LogP contribution is -2.25. The van der Waals surface area contributed by atoms with Crippen molar-refractivity contribution in [3.63, 3.8) is 0 Å². The molecule has 0 amide bonds. The van der Waals surface area contributed by atoms with Gasteiger partial charge in [-0.3, -0.25) is 0 Å². The lowest BCUT2D eigenvalue weighted by molar-refractivity contribution is 0.289. The fourth-order valence-electron chi connectivity index (χ4n) is 1.39. The summed E-state index contributed by atoms with van der Waals surface area (Å²) >= 11 is 1.97. The molecule has 0 fully saturated rings. The Morgan fingerprint density at radius 2 is 2.00 bits per heavy atom. The van der Waals surface area contributed by atoms with Crippen LogP contribution in [0.3, 0.4) is 0 Å². The summed E-state index contributed by atoms with van der Waals surface area (Å²) in [4.78, 5) is 0. The maximum absolute atomic E-state index is 8.73. The average Bonchev–Trinajstić information content (AvgIpc) is 2.13. The number of hydrogen-bond acceptors (Lipinski definition) is 3. The van der Waals surface area contributed by atoms with Crippen molar-refractivity contribution in [3.8, 4) is 0 Å². The number of aliphatic hydroxyl groups excluding tert-OH is 1. The maximum atomic E-state index is 8.73. The molecule has 0 saturated heterocycles. The van der Waals surface area contributed by atoms with E-state index in [0.717, 1.165) is 13.0 Å². The zero-order valence-corrected chi connectivity index (χ0v) is 10.6. The smallest absolute Gasteiger partial charge is 0.0441 e. The Balaban J connectivity index is 3.19. The van der Waals surface area contributed by atoms with E-state index < -0.39 is 0 Å². The molecule has 0 aliphatic rings. The molecule has 0 aliphatic heterocycles. The molecule has 0 radical (unpaired) electrons. The Morgan fingerprint density at radius 1 is 1.29 bits per heavy atom. The van der Waals surface area contributed by atoms with Crippen molar-refractivity contribution in [2.75, 3.05) is 18.9 Å². The minimum atomic E-state index is 0.321. The van der Waals surface area contributed by atoms with Gasteiger partial charge in [-0.15, -0.1) is 0 Å². The number of hydrogen-bond donors (Lipinski definition) is 2. The highest BCUT2D eigenvalue weighted by atomic mass is 32.2. The van der Waals surface area contributed by atoms with E-state index in [0.29, 0.717) is 17.9 Å².